The molecule has 0 amide bonds. The monoisotopic (exact) mass is 271 g/mol. The average Bonchev–Trinajstić information content (AvgIpc) is 3.15. The Hall–Kier alpha value is -1.82. The van der Waals surface area contributed by atoms with Gasteiger partial charge in [-0.3, -0.25) is 0 Å². The normalized spacial score (nSPS) is 29.3. The van der Waals surface area contributed by atoms with Crippen LogP contribution in [0.4, 0.5) is 0 Å². The first-order valence-corrected chi connectivity index (χ1v) is 7.22. The maximum atomic E-state index is 5.60. The Bertz CT molecular complexity index is 599. The van der Waals surface area contributed by atoms with Gasteiger partial charge in [0.15, 0.2) is 0 Å². The molecule has 2 aromatic heterocycles. The van der Waals surface area contributed by atoms with Crippen molar-refractivity contribution in [2.24, 2.45) is 0 Å². The van der Waals surface area contributed by atoms with Crippen molar-refractivity contribution < 1.29 is 4.52 Å². The minimum atomic E-state index is 0.0382. The highest BCUT2D eigenvalue weighted by Crippen LogP contribution is 2.44. The Morgan fingerprint density at radius 2 is 2.30 bits per heavy atom. The van der Waals surface area contributed by atoms with Gasteiger partial charge in [-0.2, -0.15) is 4.98 Å². The van der Waals surface area contributed by atoms with Gasteiger partial charge in [-0.15, -0.1) is 0 Å². The van der Waals surface area contributed by atoms with E-state index in [0.29, 0.717) is 17.6 Å². The highest BCUT2D eigenvalue weighted by molar-refractivity contribution is 5.46. The summed E-state index contributed by atoms with van der Waals surface area (Å²) in [6.07, 6.45) is 9.14. The van der Waals surface area contributed by atoms with E-state index < -0.39 is 0 Å². The van der Waals surface area contributed by atoms with E-state index in [1.165, 1.54) is 25.6 Å². The van der Waals surface area contributed by atoms with Gasteiger partial charge in [0.05, 0.1) is 5.41 Å². The molecule has 1 aliphatic carbocycles. The highest BCUT2D eigenvalue weighted by atomic mass is 16.5. The number of fused-ring (bicyclic) bond motifs is 1. The van der Waals surface area contributed by atoms with E-state index in [2.05, 4.69) is 25.4 Å². The van der Waals surface area contributed by atoms with Crippen LogP contribution in [0.25, 0.3) is 11.5 Å². The number of nitrogens with one attached hydrogen (secondary N) is 1. The minimum absolute atomic E-state index is 0.0382. The van der Waals surface area contributed by atoms with Gasteiger partial charge in [0.2, 0.25) is 11.7 Å². The van der Waals surface area contributed by atoms with Crippen LogP contribution in [0.2, 0.25) is 0 Å². The Morgan fingerprint density at radius 3 is 3.20 bits per heavy atom. The van der Waals surface area contributed by atoms with E-state index in [1.54, 1.807) is 12.3 Å². The quantitative estimate of drug-likeness (QED) is 0.896. The summed E-state index contributed by atoms with van der Waals surface area (Å²) >= 11 is 0. The molecule has 6 nitrogen and oxygen atoms in total. The Morgan fingerprint density at radius 1 is 1.30 bits per heavy atom. The van der Waals surface area contributed by atoms with Crippen molar-refractivity contribution in [2.75, 3.05) is 6.54 Å². The molecule has 20 heavy (non-hydrogen) atoms. The largest absolute Gasteiger partial charge is 0.338 e. The molecule has 0 bridgehead atoms. The molecule has 1 saturated carbocycles. The predicted octanol–water partition coefficient (Wildman–Crippen LogP) is 1.70. The van der Waals surface area contributed by atoms with E-state index in [9.17, 15) is 0 Å². The van der Waals surface area contributed by atoms with Gasteiger partial charge in [-0.05, 0) is 31.9 Å². The summed E-state index contributed by atoms with van der Waals surface area (Å²) in [4.78, 5) is 12.7. The van der Waals surface area contributed by atoms with Gasteiger partial charge in [0.1, 0.15) is 12.0 Å². The van der Waals surface area contributed by atoms with Crippen LogP contribution < -0.4 is 5.32 Å². The van der Waals surface area contributed by atoms with Gasteiger partial charge in [-0.1, -0.05) is 18.0 Å². The van der Waals surface area contributed by atoms with Crippen molar-refractivity contribution in [1.82, 2.24) is 25.4 Å². The van der Waals surface area contributed by atoms with Crippen molar-refractivity contribution in [3.8, 4) is 11.5 Å². The Kier molecular flexibility index (Phi) is 2.77. The molecule has 2 aliphatic rings. The van der Waals surface area contributed by atoms with Crippen molar-refractivity contribution in [3.63, 3.8) is 0 Å². The highest BCUT2D eigenvalue weighted by Gasteiger charge is 2.49. The summed E-state index contributed by atoms with van der Waals surface area (Å²) in [7, 11) is 0. The van der Waals surface area contributed by atoms with Crippen molar-refractivity contribution in [3.05, 3.63) is 24.5 Å². The van der Waals surface area contributed by atoms with E-state index in [4.69, 9.17) is 4.52 Å². The molecule has 1 aliphatic heterocycles. The Labute approximate surface area is 117 Å². The molecule has 6 heteroatoms. The summed E-state index contributed by atoms with van der Waals surface area (Å²) in [5.74, 6) is 1.34. The summed E-state index contributed by atoms with van der Waals surface area (Å²) < 4.78 is 5.60. The molecular formula is C14H17N5O. The van der Waals surface area contributed by atoms with E-state index in [-0.39, 0.29) is 5.41 Å². The van der Waals surface area contributed by atoms with Crippen LogP contribution in [-0.4, -0.2) is 32.7 Å². The average molecular weight is 271 g/mol. The summed E-state index contributed by atoms with van der Waals surface area (Å²) in [5.41, 5.74) is 0.751. The van der Waals surface area contributed by atoms with Crippen molar-refractivity contribution in [1.29, 1.82) is 0 Å². The first-order chi connectivity index (χ1) is 9.88. The number of rotatable bonds is 2. The lowest BCUT2D eigenvalue weighted by Crippen LogP contribution is -2.43. The van der Waals surface area contributed by atoms with Crippen LogP contribution in [0.1, 0.15) is 38.0 Å². The van der Waals surface area contributed by atoms with Gasteiger partial charge in [-0.25, -0.2) is 9.97 Å². The van der Waals surface area contributed by atoms with Gasteiger partial charge >= 0.3 is 0 Å². The molecule has 0 spiro atoms. The second-order valence-corrected chi connectivity index (χ2v) is 5.68. The third kappa shape index (κ3) is 1.75. The minimum Gasteiger partial charge on any atom is -0.338 e. The van der Waals surface area contributed by atoms with Crippen LogP contribution in [0.5, 0.6) is 0 Å². The third-order valence-corrected chi connectivity index (χ3v) is 4.66. The zero-order chi connectivity index (χ0) is 13.4. The lowest BCUT2D eigenvalue weighted by atomic mass is 9.70. The maximum Gasteiger partial charge on any atom is 0.234 e. The fourth-order valence-corrected chi connectivity index (χ4v) is 3.62. The van der Waals surface area contributed by atoms with E-state index in [1.807, 2.05) is 0 Å². The molecule has 2 aromatic rings. The standard InChI is InChI=1S/C14H17N5O/c1-2-5-14(6-8-16-11(14)3-1)13-18-12(19-20-13)10-4-7-15-9-17-10/h4,7,9,11,16H,1-3,5-6,8H2/t11-,14+/m0/s1. The summed E-state index contributed by atoms with van der Waals surface area (Å²) in [5, 5.41) is 7.71. The van der Waals surface area contributed by atoms with Gasteiger partial charge in [0.25, 0.3) is 0 Å². The van der Waals surface area contributed by atoms with E-state index in [0.717, 1.165) is 25.3 Å². The maximum absolute atomic E-state index is 5.60. The third-order valence-electron chi connectivity index (χ3n) is 4.66. The first-order valence-electron chi connectivity index (χ1n) is 7.22. The molecule has 0 unspecified atom stereocenters. The summed E-state index contributed by atoms with van der Waals surface area (Å²) in [6.45, 7) is 1.04. The van der Waals surface area contributed by atoms with Crippen LogP contribution in [0, 0.1) is 0 Å². The lowest BCUT2D eigenvalue weighted by molar-refractivity contribution is 0.199. The fourth-order valence-electron chi connectivity index (χ4n) is 3.62. The number of hydrogen-bond acceptors (Lipinski definition) is 6. The van der Waals surface area contributed by atoms with Crippen LogP contribution in [-0.2, 0) is 5.41 Å². The van der Waals surface area contributed by atoms with Crippen molar-refractivity contribution >= 4 is 0 Å². The second kappa shape index (κ2) is 4.63. The van der Waals surface area contributed by atoms with E-state index >= 15 is 0 Å². The SMILES string of the molecule is c1cc(-c2noc([C@@]34CCCC[C@@H]3NCC4)n2)ncn1. The number of hydrogen-bond donors (Lipinski definition) is 1. The molecule has 104 valence electrons. The molecule has 1 N–H and O–H groups in total. The molecule has 2 fully saturated rings. The van der Waals surface area contributed by atoms with Crippen LogP contribution >= 0.6 is 0 Å². The van der Waals surface area contributed by atoms with Gasteiger partial charge in [0, 0.05) is 12.2 Å². The number of aromatic nitrogens is 4. The fraction of sp³-hybridized carbons (Fsp3) is 0.571. The van der Waals surface area contributed by atoms with Crippen molar-refractivity contribution in [2.45, 2.75) is 43.6 Å². The van der Waals surface area contributed by atoms with Gasteiger partial charge < -0.3 is 9.84 Å². The molecular weight excluding hydrogens is 254 g/mol. The Balaban J connectivity index is 1.71. The molecule has 4 rings (SSSR count). The molecule has 1 saturated heterocycles. The smallest absolute Gasteiger partial charge is 0.234 e. The summed E-state index contributed by atoms with van der Waals surface area (Å²) in [6, 6.07) is 2.28. The zero-order valence-electron chi connectivity index (χ0n) is 11.2. The van der Waals surface area contributed by atoms with Crippen LogP contribution in [0.3, 0.4) is 0 Å². The molecule has 3 heterocycles. The first kappa shape index (κ1) is 12.0. The second-order valence-electron chi connectivity index (χ2n) is 5.68. The zero-order valence-corrected chi connectivity index (χ0v) is 11.2. The van der Waals surface area contributed by atoms with Crippen LogP contribution in [0.15, 0.2) is 23.1 Å². The lowest BCUT2D eigenvalue weighted by Gasteiger charge is -2.35. The number of nitrogens with zero attached hydrogens (tertiary/aromatic N) is 4. The predicted molar refractivity (Wildman–Crippen MR) is 71.9 cm³/mol. The molecule has 0 radical (unpaired) electrons. The topological polar surface area (TPSA) is 76.7 Å². The molecule has 2 atom stereocenters. The molecule has 0 aromatic carbocycles.